The van der Waals surface area contributed by atoms with Gasteiger partial charge in [-0.3, -0.25) is 4.90 Å². The van der Waals surface area contributed by atoms with Crippen LogP contribution in [0.1, 0.15) is 20.3 Å². The highest BCUT2D eigenvalue weighted by atomic mass is 16.5. The number of methoxy groups -OCH3 is 1. The smallest absolute Gasteiger partial charge is 0.196 e. The molecule has 0 spiro atoms. The monoisotopic (exact) mass is 308 g/mol. The second kappa shape index (κ2) is 6.78. The Balaban J connectivity index is 2.06. The van der Waals surface area contributed by atoms with Crippen LogP contribution in [0.15, 0.2) is 72.1 Å². The Morgan fingerprint density at radius 2 is 1.52 bits per heavy atom. The van der Waals surface area contributed by atoms with Crippen molar-refractivity contribution in [1.82, 2.24) is 0 Å². The molecule has 120 valence electrons. The lowest BCUT2D eigenvalue weighted by molar-refractivity contribution is 0.262. The molecule has 0 bridgehead atoms. The van der Waals surface area contributed by atoms with Gasteiger partial charge in [0.1, 0.15) is 0 Å². The van der Waals surface area contributed by atoms with Crippen molar-refractivity contribution in [2.75, 3.05) is 23.6 Å². The largest absolute Gasteiger partial charge is 0.482 e. The number of hydrogen-bond acceptors (Lipinski definition) is 3. The van der Waals surface area contributed by atoms with Crippen LogP contribution in [0.5, 0.6) is 0 Å². The summed E-state index contributed by atoms with van der Waals surface area (Å²) in [5.41, 5.74) is 3.72. The third-order valence-corrected chi connectivity index (χ3v) is 4.52. The SMILES string of the molecule is CCC1=C(OC)N(c2ccccc2)CN(c2ccccc2)C1C. The Hall–Kier alpha value is -2.42. The molecule has 3 rings (SSSR count). The third kappa shape index (κ3) is 2.91. The van der Waals surface area contributed by atoms with E-state index >= 15 is 0 Å². The van der Waals surface area contributed by atoms with Crippen LogP contribution >= 0.6 is 0 Å². The van der Waals surface area contributed by atoms with Crippen molar-refractivity contribution < 1.29 is 4.74 Å². The molecule has 1 unspecified atom stereocenters. The maximum Gasteiger partial charge on any atom is 0.196 e. The zero-order valence-electron chi connectivity index (χ0n) is 14.1. The molecule has 2 aromatic rings. The maximum absolute atomic E-state index is 5.80. The lowest BCUT2D eigenvalue weighted by Crippen LogP contribution is -2.49. The molecule has 3 heteroatoms. The Morgan fingerprint density at radius 3 is 2.04 bits per heavy atom. The van der Waals surface area contributed by atoms with Crippen molar-refractivity contribution in [2.24, 2.45) is 0 Å². The molecule has 1 aliphatic rings. The van der Waals surface area contributed by atoms with Gasteiger partial charge in [-0.2, -0.15) is 0 Å². The molecule has 3 nitrogen and oxygen atoms in total. The van der Waals surface area contributed by atoms with E-state index in [4.69, 9.17) is 4.74 Å². The molecule has 0 aliphatic carbocycles. The van der Waals surface area contributed by atoms with Crippen LogP contribution in [-0.4, -0.2) is 19.8 Å². The van der Waals surface area contributed by atoms with E-state index in [-0.39, 0.29) is 0 Å². The van der Waals surface area contributed by atoms with Gasteiger partial charge < -0.3 is 9.64 Å². The average molecular weight is 308 g/mol. The molecule has 1 aliphatic heterocycles. The standard InChI is InChI=1S/C20H24N2O/c1-4-19-16(2)21(17-11-7-5-8-12-17)15-22(20(19)23-3)18-13-9-6-10-14-18/h5-14,16H,4,15H2,1-3H3. The van der Waals surface area contributed by atoms with Crippen LogP contribution in [0.25, 0.3) is 0 Å². The van der Waals surface area contributed by atoms with Crippen LogP contribution in [0.3, 0.4) is 0 Å². The normalized spacial score (nSPS) is 18.3. The molecule has 0 saturated heterocycles. The minimum Gasteiger partial charge on any atom is -0.482 e. The lowest BCUT2D eigenvalue weighted by Gasteiger charge is -2.44. The van der Waals surface area contributed by atoms with Crippen molar-refractivity contribution in [3.8, 4) is 0 Å². The highest BCUT2D eigenvalue weighted by molar-refractivity contribution is 5.59. The Bertz CT molecular complexity index is 667. The zero-order chi connectivity index (χ0) is 16.2. The molecular formula is C20H24N2O. The molecule has 0 amide bonds. The first-order valence-electron chi connectivity index (χ1n) is 8.17. The van der Waals surface area contributed by atoms with Gasteiger partial charge in [-0.15, -0.1) is 0 Å². The fourth-order valence-electron chi connectivity index (χ4n) is 3.30. The number of benzene rings is 2. The second-order valence-corrected chi connectivity index (χ2v) is 5.77. The average Bonchev–Trinajstić information content (AvgIpc) is 2.62. The summed E-state index contributed by atoms with van der Waals surface area (Å²) in [5.74, 6) is 0.985. The van der Waals surface area contributed by atoms with Gasteiger partial charge in [-0.1, -0.05) is 43.3 Å². The lowest BCUT2D eigenvalue weighted by atomic mass is 10.0. The second-order valence-electron chi connectivity index (χ2n) is 5.77. The minimum absolute atomic E-state index is 0.317. The minimum atomic E-state index is 0.317. The summed E-state index contributed by atoms with van der Waals surface area (Å²) in [6.07, 6.45) is 0.969. The van der Waals surface area contributed by atoms with Crippen LogP contribution < -0.4 is 9.80 Å². The Labute approximate surface area is 138 Å². The molecular weight excluding hydrogens is 284 g/mol. The molecule has 0 N–H and O–H groups in total. The number of nitrogens with zero attached hydrogens (tertiary/aromatic N) is 2. The highest BCUT2D eigenvalue weighted by Crippen LogP contribution is 2.34. The molecule has 0 radical (unpaired) electrons. The first kappa shape index (κ1) is 15.5. The van der Waals surface area contributed by atoms with E-state index in [1.165, 1.54) is 11.3 Å². The van der Waals surface area contributed by atoms with Gasteiger partial charge in [-0.25, -0.2) is 0 Å². The predicted octanol–water partition coefficient (Wildman–Crippen LogP) is 4.63. The number of hydrogen-bond donors (Lipinski definition) is 0. The topological polar surface area (TPSA) is 15.7 Å². The number of ether oxygens (including phenoxy) is 1. The maximum atomic E-state index is 5.80. The van der Waals surface area contributed by atoms with Crippen molar-refractivity contribution >= 4 is 11.4 Å². The van der Waals surface area contributed by atoms with Gasteiger partial charge in [0.2, 0.25) is 0 Å². The van der Waals surface area contributed by atoms with Crippen LogP contribution in [0.2, 0.25) is 0 Å². The van der Waals surface area contributed by atoms with E-state index in [1.54, 1.807) is 7.11 Å². The quantitative estimate of drug-likeness (QED) is 0.819. The van der Waals surface area contributed by atoms with E-state index in [9.17, 15) is 0 Å². The third-order valence-electron chi connectivity index (χ3n) is 4.52. The molecule has 1 atom stereocenters. The van der Waals surface area contributed by atoms with Crippen LogP contribution in [0, 0.1) is 0 Å². The molecule has 0 saturated carbocycles. The van der Waals surface area contributed by atoms with Crippen LogP contribution in [-0.2, 0) is 4.74 Å². The molecule has 0 fully saturated rings. The number of anilines is 2. The van der Waals surface area contributed by atoms with Gasteiger partial charge in [-0.05, 0) is 37.6 Å². The van der Waals surface area contributed by atoms with Crippen LogP contribution in [0.4, 0.5) is 11.4 Å². The number of rotatable bonds is 4. The van der Waals surface area contributed by atoms with E-state index < -0.39 is 0 Å². The van der Waals surface area contributed by atoms with Gasteiger partial charge >= 0.3 is 0 Å². The zero-order valence-corrected chi connectivity index (χ0v) is 14.1. The van der Waals surface area contributed by atoms with E-state index in [0.717, 1.165) is 24.7 Å². The van der Waals surface area contributed by atoms with Gasteiger partial charge in [0, 0.05) is 16.9 Å². The molecule has 1 heterocycles. The molecule has 2 aromatic carbocycles. The summed E-state index contributed by atoms with van der Waals surface area (Å²) < 4.78 is 5.80. The summed E-state index contributed by atoms with van der Waals surface area (Å²) in [6, 6.07) is 21.3. The van der Waals surface area contributed by atoms with Crippen molar-refractivity contribution in [3.05, 3.63) is 72.1 Å². The summed E-state index contributed by atoms with van der Waals surface area (Å²) in [7, 11) is 1.77. The van der Waals surface area contributed by atoms with Crippen molar-refractivity contribution in [2.45, 2.75) is 26.3 Å². The molecule has 23 heavy (non-hydrogen) atoms. The fourth-order valence-corrected chi connectivity index (χ4v) is 3.30. The van der Waals surface area contributed by atoms with E-state index in [1.807, 2.05) is 6.07 Å². The number of para-hydroxylation sites is 2. The van der Waals surface area contributed by atoms with Gasteiger partial charge in [0.15, 0.2) is 5.88 Å². The summed E-state index contributed by atoms with van der Waals surface area (Å²) in [5, 5.41) is 0. The fraction of sp³-hybridized carbons (Fsp3) is 0.300. The van der Waals surface area contributed by atoms with Gasteiger partial charge in [0.05, 0.1) is 19.8 Å². The molecule has 0 aromatic heterocycles. The summed E-state index contributed by atoms with van der Waals surface area (Å²) in [6.45, 7) is 5.23. The summed E-state index contributed by atoms with van der Waals surface area (Å²) in [4.78, 5) is 4.68. The Morgan fingerprint density at radius 1 is 0.957 bits per heavy atom. The first-order chi connectivity index (χ1) is 11.3. The van der Waals surface area contributed by atoms with E-state index in [0.29, 0.717) is 6.04 Å². The van der Waals surface area contributed by atoms with Crippen molar-refractivity contribution in [1.29, 1.82) is 0 Å². The summed E-state index contributed by atoms with van der Waals surface area (Å²) >= 11 is 0. The highest BCUT2D eigenvalue weighted by Gasteiger charge is 2.31. The van der Waals surface area contributed by atoms with Crippen molar-refractivity contribution in [3.63, 3.8) is 0 Å². The first-order valence-corrected chi connectivity index (χ1v) is 8.17. The predicted molar refractivity (Wildman–Crippen MR) is 96.5 cm³/mol. The Kier molecular flexibility index (Phi) is 4.56. The van der Waals surface area contributed by atoms with Gasteiger partial charge in [0.25, 0.3) is 0 Å². The van der Waals surface area contributed by atoms with E-state index in [2.05, 4.69) is 78.2 Å².